The minimum absolute atomic E-state index is 0.0362. The minimum Gasteiger partial charge on any atom is -0.478 e. The molecule has 0 radical (unpaired) electrons. The first-order chi connectivity index (χ1) is 15.4. The molecule has 0 amide bonds. The van der Waals surface area contributed by atoms with Crippen LogP contribution in [0.15, 0.2) is 70.9 Å². The van der Waals surface area contributed by atoms with Crippen molar-refractivity contribution in [3.05, 3.63) is 104 Å². The van der Waals surface area contributed by atoms with Crippen molar-refractivity contribution in [1.82, 2.24) is 0 Å². The third-order valence-corrected chi connectivity index (χ3v) is 4.82. The molecule has 3 aromatic carbocycles. The zero-order valence-corrected chi connectivity index (χ0v) is 16.6. The SMILES string of the molecule is [N-]=[N+]=NCc1cc(-c2ccc(C(=O)O)cc2)c(CN=[N+]=[N-])cc1-c1ccc(C(=O)O)cc1. The Balaban J connectivity index is 2.20. The van der Waals surface area contributed by atoms with Crippen LogP contribution in [0.4, 0.5) is 0 Å². The van der Waals surface area contributed by atoms with Gasteiger partial charge in [0, 0.05) is 9.82 Å². The standard InChI is InChI=1S/C22H16N6O4/c23-27-25-11-17-10-20(14-3-7-16(8-4-14)22(31)32)18(12-26-28-24)9-19(17)13-1-5-15(6-2-13)21(29)30/h1-10H,11-12H2,(H,29,30)(H,31,32). The monoisotopic (exact) mass is 428 g/mol. The van der Waals surface area contributed by atoms with Gasteiger partial charge in [-0.1, -0.05) is 46.6 Å². The van der Waals surface area contributed by atoms with E-state index in [0.717, 1.165) is 0 Å². The molecule has 0 atom stereocenters. The fraction of sp³-hybridized carbons (Fsp3) is 0.0909. The Morgan fingerprint density at radius 2 is 1.03 bits per heavy atom. The van der Waals surface area contributed by atoms with E-state index >= 15 is 0 Å². The van der Waals surface area contributed by atoms with E-state index in [1.165, 1.54) is 24.3 Å². The number of hydrogen-bond acceptors (Lipinski definition) is 4. The third-order valence-electron chi connectivity index (χ3n) is 4.82. The molecule has 0 aliphatic carbocycles. The molecule has 10 nitrogen and oxygen atoms in total. The van der Waals surface area contributed by atoms with Crippen molar-refractivity contribution in [2.45, 2.75) is 13.1 Å². The van der Waals surface area contributed by atoms with Crippen molar-refractivity contribution < 1.29 is 19.8 Å². The van der Waals surface area contributed by atoms with Crippen LogP contribution in [0.1, 0.15) is 31.8 Å². The van der Waals surface area contributed by atoms with Gasteiger partial charge in [0.25, 0.3) is 0 Å². The van der Waals surface area contributed by atoms with Crippen LogP contribution < -0.4 is 0 Å². The van der Waals surface area contributed by atoms with Crippen LogP contribution in [0.5, 0.6) is 0 Å². The largest absolute Gasteiger partial charge is 0.478 e. The summed E-state index contributed by atoms with van der Waals surface area (Å²) in [6.45, 7) is 0.0725. The Kier molecular flexibility index (Phi) is 6.72. The lowest BCUT2D eigenvalue weighted by Gasteiger charge is -2.16. The molecular weight excluding hydrogens is 412 g/mol. The first-order valence-electron chi connectivity index (χ1n) is 9.29. The highest BCUT2D eigenvalue weighted by molar-refractivity contribution is 5.89. The fourth-order valence-corrected chi connectivity index (χ4v) is 3.29. The van der Waals surface area contributed by atoms with Gasteiger partial charge in [-0.3, -0.25) is 0 Å². The summed E-state index contributed by atoms with van der Waals surface area (Å²) in [4.78, 5) is 28.0. The normalized spacial score (nSPS) is 10.0. The highest BCUT2D eigenvalue weighted by atomic mass is 16.4. The van der Waals surface area contributed by atoms with Crippen LogP contribution in [-0.2, 0) is 13.1 Å². The van der Waals surface area contributed by atoms with E-state index in [9.17, 15) is 9.59 Å². The summed E-state index contributed by atoms with van der Waals surface area (Å²) in [6.07, 6.45) is 0. The number of carboxylic acid groups (broad SMARTS) is 2. The zero-order chi connectivity index (χ0) is 23.1. The first kappa shape index (κ1) is 21.9. The molecule has 2 N–H and O–H groups in total. The predicted molar refractivity (Wildman–Crippen MR) is 117 cm³/mol. The lowest BCUT2D eigenvalue weighted by molar-refractivity contribution is 0.0686. The summed E-state index contributed by atoms with van der Waals surface area (Å²) in [6, 6.07) is 16.1. The second-order valence-electron chi connectivity index (χ2n) is 6.71. The van der Waals surface area contributed by atoms with Crippen molar-refractivity contribution >= 4 is 11.9 Å². The molecule has 0 saturated carbocycles. The fourth-order valence-electron chi connectivity index (χ4n) is 3.29. The van der Waals surface area contributed by atoms with Gasteiger partial charge in [-0.25, -0.2) is 9.59 Å². The second kappa shape index (κ2) is 9.82. The number of aromatic carboxylic acids is 2. The molecule has 3 rings (SSSR count). The van der Waals surface area contributed by atoms with Crippen LogP contribution >= 0.6 is 0 Å². The quantitative estimate of drug-likeness (QED) is 0.253. The number of benzene rings is 3. The summed E-state index contributed by atoms with van der Waals surface area (Å²) in [7, 11) is 0. The van der Waals surface area contributed by atoms with E-state index in [1.807, 2.05) is 0 Å². The van der Waals surface area contributed by atoms with E-state index in [1.54, 1.807) is 36.4 Å². The number of carboxylic acids is 2. The third kappa shape index (κ3) is 4.85. The molecule has 0 fully saturated rings. The van der Waals surface area contributed by atoms with Crippen LogP contribution in [0, 0.1) is 0 Å². The number of azide groups is 2. The number of nitrogens with zero attached hydrogens (tertiary/aromatic N) is 6. The Bertz CT molecular complexity index is 1170. The number of rotatable bonds is 8. The molecule has 0 bridgehead atoms. The number of hydrogen-bond donors (Lipinski definition) is 2. The highest BCUT2D eigenvalue weighted by Gasteiger charge is 2.14. The van der Waals surface area contributed by atoms with Gasteiger partial charge >= 0.3 is 11.9 Å². The average molecular weight is 428 g/mol. The van der Waals surface area contributed by atoms with Crippen LogP contribution in [-0.4, -0.2) is 22.2 Å². The molecule has 0 aromatic heterocycles. The van der Waals surface area contributed by atoms with Crippen molar-refractivity contribution in [1.29, 1.82) is 0 Å². The van der Waals surface area contributed by atoms with Gasteiger partial charge in [-0.2, -0.15) is 0 Å². The molecule has 158 valence electrons. The van der Waals surface area contributed by atoms with Crippen molar-refractivity contribution in [3.63, 3.8) is 0 Å². The predicted octanol–water partition coefficient (Wildman–Crippen LogP) is 6.04. The summed E-state index contributed by atoms with van der Waals surface area (Å²) < 4.78 is 0. The smallest absolute Gasteiger partial charge is 0.335 e. The maximum absolute atomic E-state index is 11.2. The van der Waals surface area contributed by atoms with E-state index in [4.69, 9.17) is 21.3 Å². The van der Waals surface area contributed by atoms with Crippen LogP contribution in [0.25, 0.3) is 43.1 Å². The number of carbonyl (C=O) groups is 2. The van der Waals surface area contributed by atoms with Gasteiger partial charge in [0.15, 0.2) is 0 Å². The zero-order valence-electron chi connectivity index (χ0n) is 16.6. The van der Waals surface area contributed by atoms with Gasteiger partial charge < -0.3 is 10.2 Å². The van der Waals surface area contributed by atoms with Crippen molar-refractivity contribution in [2.24, 2.45) is 10.2 Å². The van der Waals surface area contributed by atoms with E-state index < -0.39 is 11.9 Å². The summed E-state index contributed by atoms with van der Waals surface area (Å²) in [5, 5.41) is 25.6. The minimum atomic E-state index is -1.05. The van der Waals surface area contributed by atoms with Crippen LogP contribution in [0.2, 0.25) is 0 Å². The van der Waals surface area contributed by atoms with Gasteiger partial charge in [0.1, 0.15) is 0 Å². The topological polar surface area (TPSA) is 172 Å². The summed E-state index contributed by atoms with van der Waals surface area (Å²) in [5.41, 5.74) is 22.0. The van der Waals surface area contributed by atoms with Gasteiger partial charge in [0.05, 0.1) is 24.2 Å². The maximum Gasteiger partial charge on any atom is 0.335 e. The van der Waals surface area contributed by atoms with Gasteiger partial charge in [-0.05, 0) is 68.7 Å². The van der Waals surface area contributed by atoms with Crippen molar-refractivity contribution in [2.75, 3.05) is 0 Å². The Labute approximate surface area is 181 Å². The molecule has 32 heavy (non-hydrogen) atoms. The maximum atomic E-state index is 11.2. The molecule has 0 saturated heterocycles. The Morgan fingerprint density at radius 1 is 0.688 bits per heavy atom. The molecule has 0 spiro atoms. The molecule has 3 aromatic rings. The van der Waals surface area contributed by atoms with Gasteiger partial charge in [0.2, 0.25) is 0 Å². The first-order valence-corrected chi connectivity index (χ1v) is 9.29. The van der Waals surface area contributed by atoms with Gasteiger partial charge in [-0.15, -0.1) is 0 Å². The van der Waals surface area contributed by atoms with E-state index in [2.05, 4.69) is 20.1 Å². The Morgan fingerprint density at radius 3 is 1.31 bits per heavy atom. The second-order valence-corrected chi connectivity index (χ2v) is 6.71. The van der Waals surface area contributed by atoms with Crippen LogP contribution in [0.3, 0.4) is 0 Å². The van der Waals surface area contributed by atoms with E-state index in [-0.39, 0.29) is 24.2 Å². The van der Waals surface area contributed by atoms with Crippen molar-refractivity contribution in [3.8, 4) is 22.3 Å². The van der Waals surface area contributed by atoms with E-state index in [0.29, 0.717) is 33.4 Å². The highest BCUT2D eigenvalue weighted by Crippen LogP contribution is 2.34. The summed E-state index contributed by atoms with van der Waals surface area (Å²) in [5.74, 6) is -2.09. The molecule has 0 heterocycles. The Hall–Kier alpha value is -4.78. The molecular formula is C22H16N6O4. The average Bonchev–Trinajstić information content (AvgIpc) is 2.81. The molecule has 0 unspecified atom stereocenters. The molecule has 0 aliphatic heterocycles. The molecule has 0 aliphatic rings. The lowest BCUT2D eigenvalue weighted by Crippen LogP contribution is -1.99. The molecule has 10 heteroatoms. The summed E-state index contributed by atoms with van der Waals surface area (Å²) >= 11 is 0. The lowest BCUT2D eigenvalue weighted by atomic mass is 9.90.